The highest BCUT2D eigenvalue weighted by atomic mass is 16.4. The van der Waals surface area contributed by atoms with Gasteiger partial charge in [-0.25, -0.2) is 0 Å². The number of aliphatic hydroxyl groups excluding tert-OH is 2. The normalized spacial score (nSPS) is 13.6. The number of hydrogen-bond acceptors (Lipinski definition) is 8. The SMILES string of the molecule is CCN(CC(=O)NC)C(CO)CN(CC(=O)O)CC(CO)N(CC)CC(=O)NC. The number of aliphatic carboxylic acids is 1. The van der Waals surface area contributed by atoms with Gasteiger partial charge in [-0.1, -0.05) is 13.8 Å². The van der Waals surface area contributed by atoms with Gasteiger partial charge in [0, 0.05) is 39.3 Å². The van der Waals surface area contributed by atoms with Crippen molar-refractivity contribution in [2.75, 3.05) is 73.1 Å². The van der Waals surface area contributed by atoms with E-state index in [1.54, 1.807) is 14.7 Å². The van der Waals surface area contributed by atoms with E-state index >= 15 is 0 Å². The molecule has 170 valence electrons. The molecule has 0 radical (unpaired) electrons. The lowest BCUT2D eigenvalue weighted by Crippen LogP contribution is -2.54. The Bertz CT molecular complexity index is 471. The Hall–Kier alpha value is -1.79. The van der Waals surface area contributed by atoms with Crippen LogP contribution in [-0.4, -0.2) is 133 Å². The molecule has 0 rings (SSSR count). The van der Waals surface area contributed by atoms with Gasteiger partial charge in [0.25, 0.3) is 0 Å². The summed E-state index contributed by atoms with van der Waals surface area (Å²) in [7, 11) is 3.05. The minimum absolute atomic E-state index is 0.0837. The lowest BCUT2D eigenvalue weighted by Gasteiger charge is -2.36. The first kappa shape index (κ1) is 27.2. The van der Waals surface area contributed by atoms with Crippen LogP contribution >= 0.6 is 0 Å². The Labute approximate surface area is 172 Å². The van der Waals surface area contributed by atoms with Crippen LogP contribution in [0.15, 0.2) is 0 Å². The molecule has 0 aromatic rings. The number of amides is 2. The van der Waals surface area contributed by atoms with Gasteiger partial charge in [-0.3, -0.25) is 29.1 Å². The quantitative estimate of drug-likeness (QED) is 0.179. The van der Waals surface area contributed by atoms with Crippen molar-refractivity contribution in [2.24, 2.45) is 0 Å². The average Bonchev–Trinajstić information content (AvgIpc) is 2.71. The van der Waals surface area contributed by atoms with Gasteiger partial charge in [0.2, 0.25) is 11.8 Å². The maximum absolute atomic E-state index is 11.7. The second kappa shape index (κ2) is 15.1. The highest BCUT2D eigenvalue weighted by Crippen LogP contribution is 2.07. The standard InChI is InChI=1S/C18H37N5O6/c1-5-22(9-16(26)19-3)14(12-24)7-21(11-18(28)29)8-15(13-25)23(6-2)10-17(27)20-4/h14-15,24-25H,5-13H2,1-4H3,(H,19,26)(H,20,27)(H,28,29). The van der Waals surface area contributed by atoms with Crippen molar-refractivity contribution in [2.45, 2.75) is 25.9 Å². The van der Waals surface area contributed by atoms with Crippen LogP contribution in [0.25, 0.3) is 0 Å². The highest BCUT2D eigenvalue weighted by molar-refractivity contribution is 5.78. The van der Waals surface area contributed by atoms with Crippen LogP contribution in [0.5, 0.6) is 0 Å². The molecule has 11 heteroatoms. The average molecular weight is 420 g/mol. The molecule has 0 aliphatic carbocycles. The van der Waals surface area contributed by atoms with Gasteiger partial charge in [0.15, 0.2) is 0 Å². The molecule has 0 bridgehead atoms. The van der Waals surface area contributed by atoms with Crippen LogP contribution in [0.4, 0.5) is 0 Å². The van der Waals surface area contributed by atoms with Crippen LogP contribution < -0.4 is 10.6 Å². The van der Waals surface area contributed by atoms with Crippen molar-refractivity contribution in [3.05, 3.63) is 0 Å². The van der Waals surface area contributed by atoms with E-state index in [1.165, 1.54) is 14.1 Å². The van der Waals surface area contributed by atoms with Crippen LogP contribution in [0, 0.1) is 0 Å². The molecule has 2 atom stereocenters. The molecule has 0 saturated carbocycles. The summed E-state index contributed by atoms with van der Waals surface area (Å²) < 4.78 is 0. The Balaban J connectivity index is 5.35. The number of nitrogens with zero attached hydrogens (tertiary/aromatic N) is 3. The van der Waals surface area contributed by atoms with Crippen molar-refractivity contribution < 1.29 is 29.7 Å². The molecule has 0 heterocycles. The number of carbonyl (C=O) groups excluding carboxylic acids is 2. The fourth-order valence-corrected chi connectivity index (χ4v) is 3.09. The van der Waals surface area contributed by atoms with Crippen LogP contribution in [-0.2, 0) is 14.4 Å². The van der Waals surface area contributed by atoms with E-state index in [2.05, 4.69) is 10.6 Å². The number of aliphatic hydroxyl groups is 2. The van der Waals surface area contributed by atoms with Crippen LogP contribution in [0.3, 0.4) is 0 Å². The van der Waals surface area contributed by atoms with E-state index in [0.717, 1.165) is 0 Å². The smallest absolute Gasteiger partial charge is 0.317 e. The zero-order valence-electron chi connectivity index (χ0n) is 17.9. The number of carboxylic acid groups (broad SMARTS) is 1. The molecule has 5 N–H and O–H groups in total. The van der Waals surface area contributed by atoms with Crippen molar-refractivity contribution >= 4 is 17.8 Å². The maximum atomic E-state index is 11.7. The van der Waals surface area contributed by atoms with Gasteiger partial charge < -0.3 is 26.0 Å². The first-order valence-electron chi connectivity index (χ1n) is 9.81. The van der Waals surface area contributed by atoms with E-state index in [0.29, 0.717) is 13.1 Å². The monoisotopic (exact) mass is 419 g/mol. The third-order valence-corrected chi connectivity index (χ3v) is 4.81. The molecule has 0 aromatic heterocycles. The molecular formula is C18H37N5O6. The fourth-order valence-electron chi connectivity index (χ4n) is 3.09. The number of likely N-dealkylation sites (N-methyl/N-ethyl adjacent to an activating group) is 4. The summed E-state index contributed by atoms with van der Waals surface area (Å²) in [5.74, 6) is -1.45. The summed E-state index contributed by atoms with van der Waals surface area (Å²) >= 11 is 0. The molecule has 0 aliphatic heterocycles. The number of nitrogens with one attached hydrogen (secondary N) is 2. The van der Waals surface area contributed by atoms with E-state index in [1.807, 2.05) is 13.8 Å². The maximum Gasteiger partial charge on any atom is 0.317 e. The zero-order valence-corrected chi connectivity index (χ0v) is 17.9. The molecule has 0 fully saturated rings. The Kier molecular flexibility index (Phi) is 14.2. The molecule has 0 saturated heterocycles. The van der Waals surface area contributed by atoms with Gasteiger partial charge in [0.05, 0.1) is 32.8 Å². The Morgan fingerprint density at radius 1 is 0.793 bits per heavy atom. The van der Waals surface area contributed by atoms with Crippen molar-refractivity contribution in [3.63, 3.8) is 0 Å². The predicted octanol–water partition coefficient (Wildman–Crippen LogP) is -2.77. The predicted molar refractivity (Wildman–Crippen MR) is 108 cm³/mol. The second-order valence-corrected chi connectivity index (χ2v) is 6.73. The van der Waals surface area contributed by atoms with Gasteiger partial charge in [-0.2, -0.15) is 0 Å². The van der Waals surface area contributed by atoms with Gasteiger partial charge >= 0.3 is 5.97 Å². The van der Waals surface area contributed by atoms with Crippen molar-refractivity contribution in [1.82, 2.24) is 25.3 Å². The number of hydrogen-bond donors (Lipinski definition) is 5. The summed E-state index contributed by atoms with van der Waals surface area (Å²) in [4.78, 5) is 40.0. The van der Waals surface area contributed by atoms with Gasteiger partial charge in [-0.15, -0.1) is 0 Å². The Morgan fingerprint density at radius 3 is 1.41 bits per heavy atom. The molecule has 0 spiro atoms. The van der Waals surface area contributed by atoms with E-state index < -0.39 is 18.1 Å². The second-order valence-electron chi connectivity index (χ2n) is 6.73. The lowest BCUT2D eigenvalue weighted by molar-refractivity contribution is -0.139. The molecule has 2 unspecified atom stereocenters. The van der Waals surface area contributed by atoms with Crippen LogP contribution in [0.1, 0.15) is 13.8 Å². The molecule has 29 heavy (non-hydrogen) atoms. The minimum atomic E-state index is -1.04. The van der Waals surface area contributed by atoms with Gasteiger partial charge in [-0.05, 0) is 13.1 Å². The van der Waals surface area contributed by atoms with Crippen molar-refractivity contribution in [1.29, 1.82) is 0 Å². The first-order chi connectivity index (χ1) is 13.8. The van der Waals surface area contributed by atoms with Gasteiger partial charge in [0.1, 0.15) is 0 Å². The van der Waals surface area contributed by atoms with E-state index in [-0.39, 0.29) is 57.8 Å². The topological polar surface area (TPSA) is 146 Å². The number of rotatable bonds is 16. The Morgan fingerprint density at radius 2 is 1.17 bits per heavy atom. The first-order valence-corrected chi connectivity index (χ1v) is 9.81. The number of carbonyl (C=O) groups is 3. The number of carboxylic acids is 1. The molecule has 0 aromatic carbocycles. The molecular weight excluding hydrogens is 382 g/mol. The fraction of sp³-hybridized carbons (Fsp3) is 0.833. The third-order valence-electron chi connectivity index (χ3n) is 4.81. The molecule has 0 aliphatic rings. The third kappa shape index (κ3) is 10.5. The molecule has 2 amide bonds. The highest BCUT2D eigenvalue weighted by Gasteiger charge is 2.27. The van der Waals surface area contributed by atoms with E-state index in [9.17, 15) is 29.7 Å². The van der Waals surface area contributed by atoms with Crippen molar-refractivity contribution in [3.8, 4) is 0 Å². The minimum Gasteiger partial charge on any atom is -0.480 e. The summed E-state index contributed by atoms with van der Waals surface area (Å²) in [6, 6.07) is -0.907. The lowest BCUT2D eigenvalue weighted by atomic mass is 10.1. The summed E-state index contributed by atoms with van der Waals surface area (Å²) in [6.45, 7) is 4.48. The van der Waals surface area contributed by atoms with Crippen LogP contribution in [0.2, 0.25) is 0 Å². The molecule has 11 nitrogen and oxygen atoms in total. The largest absolute Gasteiger partial charge is 0.480 e. The summed E-state index contributed by atoms with van der Waals surface area (Å²) in [6.07, 6.45) is 0. The summed E-state index contributed by atoms with van der Waals surface area (Å²) in [5, 5.41) is 34.0. The summed E-state index contributed by atoms with van der Waals surface area (Å²) in [5.41, 5.74) is 0. The zero-order chi connectivity index (χ0) is 22.4. The van der Waals surface area contributed by atoms with E-state index in [4.69, 9.17) is 0 Å².